The highest BCUT2D eigenvalue weighted by molar-refractivity contribution is 6.14. The van der Waals surface area contributed by atoms with Gasteiger partial charge in [0.1, 0.15) is 11.6 Å². The topological polar surface area (TPSA) is 40.4 Å². The molecule has 0 amide bonds. The van der Waals surface area contributed by atoms with Gasteiger partial charge in [0.25, 0.3) is 0 Å². The summed E-state index contributed by atoms with van der Waals surface area (Å²) in [5.41, 5.74) is 3.99. The van der Waals surface area contributed by atoms with E-state index in [-0.39, 0.29) is 0 Å². The number of fused-ring (bicyclic) bond motifs is 1. The number of hydrogen-bond acceptors (Lipinski definition) is 5. The molecule has 4 rings (SSSR count). The van der Waals surface area contributed by atoms with Crippen molar-refractivity contribution >= 4 is 22.9 Å². The summed E-state index contributed by atoms with van der Waals surface area (Å²) in [6.07, 6.45) is 0.741. The molecule has 26 heavy (non-hydrogen) atoms. The maximum atomic E-state index is 5.39. The van der Waals surface area contributed by atoms with Gasteiger partial charge in [0, 0.05) is 38.7 Å². The lowest BCUT2D eigenvalue weighted by Crippen LogP contribution is -2.47. The lowest BCUT2D eigenvalue weighted by Gasteiger charge is -2.34. The maximum Gasteiger partial charge on any atom is 0.121 e. The van der Waals surface area contributed by atoms with Crippen LogP contribution in [0.2, 0.25) is 0 Å². The zero-order chi connectivity index (χ0) is 17.9. The summed E-state index contributed by atoms with van der Waals surface area (Å²) >= 11 is 0. The van der Waals surface area contributed by atoms with Crippen molar-refractivity contribution < 1.29 is 4.74 Å². The first-order valence-electron chi connectivity index (χ1n) is 9.05. The van der Waals surface area contributed by atoms with Gasteiger partial charge in [0.2, 0.25) is 0 Å². The number of ether oxygens (including phenoxy) is 1. The van der Waals surface area contributed by atoms with E-state index in [1.807, 2.05) is 24.3 Å². The van der Waals surface area contributed by atoms with Crippen molar-refractivity contribution in [3.05, 3.63) is 54.1 Å². The second-order valence-electron chi connectivity index (χ2n) is 6.77. The third-order valence-corrected chi connectivity index (χ3v) is 4.99. The van der Waals surface area contributed by atoms with Crippen LogP contribution < -0.4 is 4.74 Å². The van der Waals surface area contributed by atoms with Crippen LogP contribution in [0.4, 0.5) is 11.4 Å². The first-order chi connectivity index (χ1) is 12.7. The van der Waals surface area contributed by atoms with Crippen LogP contribution in [0.3, 0.4) is 0 Å². The van der Waals surface area contributed by atoms with E-state index in [2.05, 4.69) is 41.1 Å². The molecule has 2 aliphatic rings. The van der Waals surface area contributed by atoms with Crippen LogP contribution in [0.1, 0.15) is 12.0 Å². The van der Waals surface area contributed by atoms with Gasteiger partial charge < -0.3 is 14.5 Å². The number of amidine groups is 1. The average molecular weight is 348 g/mol. The highest BCUT2D eigenvalue weighted by Crippen LogP contribution is 2.35. The summed E-state index contributed by atoms with van der Waals surface area (Å²) in [6, 6.07) is 16.3. The Morgan fingerprint density at radius 2 is 1.65 bits per heavy atom. The molecule has 1 saturated heterocycles. The molecule has 0 radical (unpaired) electrons. The number of methoxy groups -OCH3 is 1. The molecule has 2 heterocycles. The van der Waals surface area contributed by atoms with Gasteiger partial charge in [0.15, 0.2) is 0 Å². The van der Waals surface area contributed by atoms with Crippen LogP contribution in [-0.4, -0.2) is 61.7 Å². The van der Waals surface area contributed by atoms with Crippen LogP contribution in [0.5, 0.6) is 5.75 Å². The smallest absolute Gasteiger partial charge is 0.121 e. The van der Waals surface area contributed by atoms with Gasteiger partial charge >= 0.3 is 0 Å². The highest BCUT2D eigenvalue weighted by atomic mass is 16.5. The van der Waals surface area contributed by atoms with Crippen LogP contribution in [0.25, 0.3) is 0 Å². The molecule has 5 nitrogen and oxygen atoms in total. The second kappa shape index (κ2) is 7.30. The number of piperazine rings is 1. The Hall–Kier alpha value is -2.66. The molecule has 5 heteroatoms. The lowest BCUT2D eigenvalue weighted by molar-refractivity contribution is 0.214. The number of nitrogens with zero attached hydrogens (tertiary/aromatic N) is 4. The van der Waals surface area contributed by atoms with E-state index in [0.717, 1.165) is 66.8 Å². The minimum atomic E-state index is 0.741. The Bertz CT molecular complexity index is 836. The molecule has 2 aromatic rings. The second-order valence-corrected chi connectivity index (χ2v) is 6.77. The molecule has 0 bridgehead atoms. The predicted octanol–water partition coefficient (Wildman–Crippen LogP) is 3.50. The third-order valence-electron chi connectivity index (χ3n) is 4.99. The summed E-state index contributed by atoms with van der Waals surface area (Å²) in [4.78, 5) is 14.7. The number of rotatable bonds is 2. The summed E-state index contributed by atoms with van der Waals surface area (Å²) in [5, 5.41) is 0. The van der Waals surface area contributed by atoms with E-state index in [9.17, 15) is 0 Å². The fraction of sp³-hybridized carbons (Fsp3) is 0.333. The Morgan fingerprint density at radius 3 is 2.38 bits per heavy atom. The Balaban J connectivity index is 1.76. The van der Waals surface area contributed by atoms with Crippen molar-refractivity contribution in [2.24, 2.45) is 9.98 Å². The number of hydrogen-bond donors (Lipinski definition) is 0. The normalized spacial score (nSPS) is 17.8. The van der Waals surface area contributed by atoms with E-state index in [4.69, 9.17) is 14.7 Å². The summed E-state index contributed by atoms with van der Waals surface area (Å²) < 4.78 is 5.39. The molecule has 0 aromatic heterocycles. The first-order valence-corrected chi connectivity index (χ1v) is 9.05. The molecule has 2 aliphatic heterocycles. The van der Waals surface area contributed by atoms with E-state index in [0.29, 0.717) is 0 Å². The van der Waals surface area contributed by atoms with Crippen LogP contribution >= 0.6 is 0 Å². The molecule has 0 saturated carbocycles. The van der Waals surface area contributed by atoms with Gasteiger partial charge in [-0.15, -0.1) is 0 Å². The number of likely N-dealkylation sites (N-methyl/N-ethyl adjacent to an activating group) is 1. The summed E-state index contributed by atoms with van der Waals surface area (Å²) in [6.45, 7) is 4.11. The number of aliphatic imine (C=N–C) groups is 2. The molecule has 134 valence electrons. The third kappa shape index (κ3) is 3.48. The molecular formula is C21H24N4O. The van der Waals surface area contributed by atoms with Gasteiger partial charge in [-0.3, -0.25) is 4.99 Å². The standard InChI is InChI=1S/C21H24N4O/c1-24-10-12-25(13-11-24)21-15-19(16-6-4-3-5-7-16)22-18-9-8-17(26-2)14-20(18)23-21/h3-9,14H,10-13,15H2,1-2H3. The van der Waals surface area contributed by atoms with E-state index in [1.165, 1.54) is 0 Å². The van der Waals surface area contributed by atoms with Gasteiger partial charge in [0.05, 0.1) is 24.2 Å². The number of benzene rings is 2. The molecule has 0 aliphatic carbocycles. The molecular weight excluding hydrogens is 324 g/mol. The van der Waals surface area contributed by atoms with Crippen molar-refractivity contribution in [2.75, 3.05) is 40.3 Å². The molecule has 0 N–H and O–H groups in total. The zero-order valence-corrected chi connectivity index (χ0v) is 15.4. The zero-order valence-electron chi connectivity index (χ0n) is 15.4. The minimum absolute atomic E-state index is 0.741. The van der Waals surface area contributed by atoms with Gasteiger partial charge in [-0.1, -0.05) is 30.3 Å². The largest absolute Gasteiger partial charge is 0.497 e. The monoisotopic (exact) mass is 348 g/mol. The molecule has 0 atom stereocenters. The van der Waals surface area contributed by atoms with Crippen molar-refractivity contribution in [1.82, 2.24) is 9.80 Å². The van der Waals surface area contributed by atoms with Crippen LogP contribution in [0, 0.1) is 0 Å². The molecule has 2 aromatic carbocycles. The quantitative estimate of drug-likeness (QED) is 0.834. The SMILES string of the molecule is COc1ccc2c(c1)N=C(N1CCN(C)CC1)CC(c1ccccc1)=N2. The predicted molar refractivity (Wildman–Crippen MR) is 106 cm³/mol. The van der Waals surface area contributed by atoms with Crippen molar-refractivity contribution in [3.8, 4) is 5.75 Å². The fourth-order valence-corrected chi connectivity index (χ4v) is 3.37. The average Bonchev–Trinajstić information content (AvgIpc) is 2.88. The first kappa shape index (κ1) is 16.8. The van der Waals surface area contributed by atoms with E-state index in [1.54, 1.807) is 7.11 Å². The molecule has 1 fully saturated rings. The van der Waals surface area contributed by atoms with Gasteiger partial charge in [-0.2, -0.15) is 0 Å². The Labute approximate surface area is 154 Å². The maximum absolute atomic E-state index is 5.39. The summed E-state index contributed by atoms with van der Waals surface area (Å²) in [5.74, 6) is 1.90. The molecule has 0 unspecified atom stereocenters. The minimum Gasteiger partial charge on any atom is -0.497 e. The Morgan fingerprint density at radius 1 is 0.885 bits per heavy atom. The highest BCUT2D eigenvalue weighted by Gasteiger charge is 2.22. The van der Waals surface area contributed by atoms with Gasteiger partial charge in [-0.25, -0.2) is 4.99 Å². The van der Waals surface area contributed by atoms with Crippen LogP contribution in [0.15, 0.2) is 58.5 Å². The van der Waals surface area contributed by atoms with Crippen molar-refractivity contribution in [3.63, 3.8) is 0 Å². The molecule has 0 spiro atoms. The Kier molecular flexibility index (Phi) is 4.71. The fourth-order valence-electron chi connectivity index (χ4n) is 3.37. The van der Waals surface area contributed by atoms with Crippen LogP contribution in [-0.2, 0) is 0 Å². The summed E-state index contributed by atoms with van der Waals surface area (Å²) in [7, 11) is 3.85. The van der Waals surface area contributed by atoms with Crippen molar-refractivity contribution in [1.29, 1.82) is 0 Å². The van der Waals surface area contributed by atoms with E-state index >= 15 is 0 Å². The van der Waals surface area contributed by atoms with Crippen molar-refractivity contribution in [2.45, 2.75) is 6.42 Å². The lowest BCUT2D eigenvalue weighted by atomic mass is 10.1. The van der Waals surface area contributed by atoms with E-state index < -0.39 is 0 Å². The van der Waals surface area contributed by atoms with Gasteiger partial charge in [-0.05, 0) is 24.7 Å².